The van der Waals surface area contributed by atoms with Gasteiger partial charge in [-0.25, -0.2) is 0 Å². The van der Waals surface area contributed by atoms with E-state index in [1.165, 1.54) is 33.4 Å². The molecule has 0 aliphatic carbocycles. The van der Waals surface area contributed by atoms with E-state index in [4.69, 9.17) is 17.7 Å². The van der Waals surface area contributed by atoms with Crippen molar-refractivity contribution >= 4 is 143 Å². The summed E-state index contributed by atoms with van der Waals surface area (Å²) in [5.41, 5.74) is 20.3. The summed E-state index contributed by atoms with van der Waals surface area (Å²) in [5, 5.41) is 13.3. The van der Waals surface area contributed by atoms with Crippen molar-refractivity contribution in [1.29, 1.82) is 0 Å². The summed E-state index contributed by atoms with van der Waals surface area (Å²) in [5.74, 6) is 0.255. The van der Waals surface area contributed by atoms with Gasteiger partial charge in [0.05, 0.1) is 11.4 Å². The molecule has 0 amide bonds. The normalized spacial score (nSPS) is 12.7. The minimum atomic E-state index is -0.0908. The number of furan rings is 4. The van der Waals surface area contributed by atoms with Crippen molar-refractivity contribution in [3.63, 3.8) is 0 Å². The Morgan fingerprint density at radius 1 is 0.321 bits per heavy atom. The third-order valence-electron chi connectivity index (χ3n) is 17.8. The number of benzene rings is 11. The highest BCUT2D eigenvalue weighted by Crippen LogP contribution is 2.52. The molecular weight excluding hydrogens is 1030 g/mol. The SMILES string of the molecule is Cc1ccccc1N(c1ccc2cc3c(cc2c1)oc1c(C(C)C)c2c(oc4cc5cc(N(c6ccccc6C)c6cccc7c6oc6c(C(C)(C)C)cccc67)ccc5cc42)c(C(C)C)c13)c1cccc2c1oc1c(C(C)(C)C)cccc12. The molecule has 0 N–H and O–H groups in total. The molecule has 6 nitrogen and oxygen atoms in total. The van der Waals surface area contributed by atoms with E-state index < -0.39 is 0 Å². The first-order valence-electron chi connectivity index (χ1n) is 29.8. The van der Waals surface area contributed by atoms with E-state index in [2.05, 4.69) is 275 Å². The highest BCUT2D eigenvalue weighted by atomic mass is 16.3. The number of hydrogen-bond donors (Lipinski definition) is 0. The van der Waals surface area contributed by atoms with E-state index in [0.717, 1.165) is 143 Å². The predicted molar refractivity (Wildman–Crippen MR) is 355 cm³/mol. The molecule has 0 saturated heterocycles. The van der Waals surface area contributed by atoms with Crippen LogP contribution in [0.4, 0.5) is 34.1 Å². The van der Waals surface area contributed by atoms with Gasteiger partial charge in [0, 0.05) is 88.1 Å². The first-order chi connectivity index (χ1) is 40.4. The van der Waals surface area contributed by atoms with Gasteiger partial charge < -0.3 is 27.5 Å². The first kappa shape index (κ1) is 51.6. The molecule has 0 aliphatic rings. The maximum Gasteiger partial charge on any atom is 0.159 e. The Balaban J connectivity index is 0.895. The Labute approximate surface area is 489 Å². The Bertz CT molecular complexity index is 4890. The Morgan fingerprint density at radius 2 is 0.690 bits per heavy atom. The highest BCUT2D eigenvalue weighted by Gasteiger charge is 2.31. The molecule has 0 bridgehead atoms. The number of aryl methyl sites for hydroxylation is 2. The molecule has 84 heavy (non-hydrogen) atoms. The third kappa shape index (κ3) is 7.82. The molecule has 4 heterocycles. The zero-order chi connectivity index (χ0) is 57.8. The van der Waals surface area contributed by atoms with Crippen molar-refractivity contribution in [3.8, 4) is 0 Å². The minimum Gasteiger partial charge on any atom is -0.456 e. The second-order valence-corrected chi connectivity index (χ2v) is 26.1. The molecule has 11 aromatic carbocycles. The summed E-state index contributed by atoms with van der Waals surface area (Å²) in [7, 11) is 0. The van der Waals surface area contributed by atoms with Gasteiger partial charge in [-0.1, -0.05) is 178 Å². The molecule has 0 atom stereocenters. The van der Waals surface area contributed by atoms with E-state index in [-0.39, 0.29) is 22.7 Å². The molecule has 0 saturated carbocycles. The predicted octanol–water partition coefficient (Wildman–Crippen LogP) is 24.0. The number of rotatable bonds is 8. The molecule has 0 radical (unpaired) electrons. The highest BCUT2D eigenvalue weighted by molar-refractivity contribution is 6.23. The van der Waals surface area contributed by atoms with Gasteiger partial charge in [0.2, 0.25) is 0 Å². The van der Waals surface area contributed by atoms with Crippen LogP contribution in [0.25, 0.3) is 109 Å². The lowest BCUT2D eigenvalue weighted by atomic mass is 9.86. The number of anilines is 6. The van der Waals surface area contributed by atoms with Crippen LogP contribution in [0.15, 0.2) is 200 Å². The molecule has 0 aliphatic heterocycles. The van der Waals surface area contributed by atoms with Crippen molar-refractivity contribution < 1.29 is 17.7 Å². The Morgan fingerprint density at radius 3 is 1.07 bits per heavy atom. The zero-order valence-corrected chi connectivity index (χ0v) is 50.0. The number of hydrogen-bond acceptors (Lipinski definition) is 6. The van der Waals surface area contributed by atoms with Gasteiger partial charge in [-0.05, 0) is 142 Å². The standard InChI is InChI=1S/C78H68N2O4/c1-43(2)67-69-57-39-47-33-35-51(79(61-29-15-13-21-45(61)5)63-31-19-25-55-53-23-17-27-59(77(7,8)9)71(53)83-73(55)63)37-49(47)41-65(57)82-76(69)68(44(3)4)70-58-40-48-34-36-52(38-50(48)42-66(58)81-75(67)70)80(62-30-16-14-22-46(62)6)64-32-20-26-56-54-24-18-28-60(78(10,11)12)72(54)84-74(56)64/h13-44H,1-12H3. The molecule has 15 rings (SSSR count). The van der Waals surface area contributed by atoms with Crippen LogP contribution >= 0.6 is 0 Å². The van der Waals surface area contributed by atoms with Crippen LogP contribution in [-0.2, 0) is 10.8 Å². The number of nitrogens with zero attached hydrogens (tertiary/aromatic N) is 2. The lowest BCUT2D eigenvalue weighted by Crippen LogP contribution is -2.11. The maximum absolute atomic E-state index is 7.30. The topological polar surface area (TPSA) is 59.0 Å². The summed E-state index contributed by atoms with van der Waals surface area (Å²) in [4.78, 5) is 4.73. The number of fused-ring (bicyclic) bond motifs is 14. The van der Waals surface area contributed by atoms with Crippen molar-refractivity contribution in [2.24, 2.45) is 0 Å². The van der Waals surface area contributed by atoms with Crippen molar-refractivity contribution in [2.75, 3.05) is 9.80 Å². The van der Waals surface area contributed by atoms with Crippen molar-refractivity contribution in [2.45, 2.75) is 106 Å². The van der Waals surface area contributed by atoms with Crippen LogP contribution in [0.2, 0.25) is 0 Å². The van der Waals surface area contributed by atoms with E-state index in [1.807, 2.05) is 0 Å². The first-order valence-corrected chi connectivity index (χ1v) is 29.8. The molecule has 0 spiro atoms. The Hall–Kier alpha value is -9.26. The molecule has 414 valence electrons. The van der Waals surface area contributed by atoms with E-state index >= 15 is 0 Å². The fourth-order valence-corrected chi connectivity index (χ4v) is 13.8. The molecular formula is C78H68N2O4. The van der Waals surface area contributed by atoms with Gasteiger partial charge in [-0.3, -0.25) is 0 Å². The van der Waals surface area contributed by atoms with Crippen LogP contribution in [0.1, 0.15) is 114 Å². The van der Waals surface area contributed by atoms with E-state index in [0.29, 0.717) is 0 Å². The molecule has 0 unspecified atom stereocenters. The van der Waals surface area contributed by atoms with Gasteiger partial charge >= 0.3 is 0 Å². The van der Waals surface area contributed by atoms with E-state index in [1.54, 1.807) is 0 Å². The lowest BCUT2D eigenvalue weighted by Gasteiger charge is -2.27. The van der Waals surface area contributed by atoms with Crippen molar-refractivity contribution in [3.05, 3.63) is 215 Å². The summed E-state index contributed by atoms with van der Waals surface area (Å²) < 4.78 is 28.7. The summed E-state index contributed by atoms with van der Waals surface area (Å²) in [6.45, 7) is 27.0. The van der Waals surface area contributed by atoms with Crippen LogP contribution in [0.3, 0.4) is 0 Å². The second kappa shape index (κ2) is 18.6. The maximum atomic E-state index is 7.30. The molecule has 4 aromatic heterocycles. The fourth-order valence-electron chi connectivity index (χ4n) is 13.8. The minimum absolute atomic E-state index is 0.0908. The van der Waals surface area contributed by atoms with E-state index in [9.17, 15) is 0 Å². The largest absolute Gasteiger partial charge is 0.456 e. The quantitative estimate of drug-likeness (QED) is 0.151. The fraction of sp³-hybridized carbons (Fsp3) is 0.205. The smallest absolute Gasteiger partial charge is 0.159 e. The summed E-state index contributed by atoms with van der Waals surface area (Å²) in [6.07, 6.45) is 0. The Kier molecular flexibility index (Phi) is 11.4. The van der Waals surface area contributed by atoms with Gasteiger partial charge in [-0.15, -0.1) is 0 Å². The van der Waals surface area contributed by atoms with Crippen LogP contribution < -0.4 is 9.80 Å². The monoisotopic (exact) mass is 1100 g/mol. The average molecular weight is 1100 g/mol. The zero-order valence-electron chi connectivity index (χ0n) is 50.0. The van der Waals surface area contributed by atoms with Crippen molar-refractivity contribution in [1.82, 2.24) is 0 Å². The molecule has 0 fully saturated rings. The van der Waals surface area contributed by atoms with Gasteiger partial charge in [-0.2, -0.15) is 0 Å². The van der Waals surface area contributed by atoms with Gasteiger partial charge in [0.1, 0.15) is 33.5 Å². The van der Waals surface area contributed by atoms with Crippen LogP contribution in [-0.4, -0.2) is 0 Å². The molecule has 6 heteroatoms. The lowest BCUT2D eigenvalue weighted by molar-refractivity contribution is 0.572. The average Bonchev–Trinajstić information content (AvgIpc) is 2.51. The molecule has 15 aromatic rings. The summed E-state index contributed by atoms with van der Waals surface area (Å²) in [6, 6.07) is 66.2. The summed E-state index contributed by atoms with van der Waals surface area (Å²) >= 11 is 0. The third-order valence-corrected chi connectivity index (χ3v) is 17.8. The second-order valence-electron chi connectivity index (χ2n) is 26.1. The van der Waals surface area contributed by atoms with Crippen LogP contribution in [0.5, 0.6) is 0 Å². The van der Waals surface area contributed by atoms with Gasteiger partial charge in [0.25, 0.3) is 0 Å². The van der Waals surface area contributed by atoms with Crippen LogP contribution in [0, 0.1) is 13.8 Å². The number of para-hydroxylation sites is 6. The van der Waals surface area contributed by atoms with Gasteiger partial charge in [0.15, 0.2) is 11.2 Å².